The van der Waals surface area contributed by atoms with Crippen LogP contribution in [0.15, 0.2) is 66.9 Å². The molecule has 0 bridgehead atoms. The van der Waals surface area contributed by atoms with Crippen LogP contribution in [-0.2, 0) is 4.79 Å². The second kappa shape index (κ2) is 5.84. The van der Waals surface area contributed by atoms with E-state index in [4.69, 9.17) is 0 Å². The maximum absolute atomic E-state index is 11.3. The number of hydrogen-bond donors (Lipinski definition) is 2. The summed E-state index contributed by atoms with van der Waals surface area (Å²) in [6.07, 6.45) is 1.19. The van der Waals surface area contributed by atoms with Crippen molar-refractivity contribution >= 4 is 17.2 Å². The fourth-order valence-electron chi connectivity index (χ4n) is 1.65. The Morgan fingerprint density at radius 3 is 2.00 bits per heavy atom. The molecule has 0 saturated heterocycles. The van der Waals surface area contributed by atoms with E-state index in [2.05, 4.69) is 0 Å². The first-order chi connectivity index (χ1) is 9.18. The number of carboxylic acids is 1. The van der Waals surface area contributed by atoms with Gasteiger partial charge < -0.3 is 5.11 Å². The minimum atomic E-state index is -1.10. The first-order valence-electron chi connectivity index (χ1n) is 5.72. The molecule has 0 saturated carbocycles. The summed E-state index contributed by atoms with van der Waals surface area (Å²) in [5.41, 5.74) is 1.05. The first-order valence-corrected chi connectivity index (χ1v) is 5.72. The standard InChI is InChI=1S/C15H13NO3/c17-15(18)14(12-7-3-1-4-8-12)11-16(19)13-9-5-2-6-10-13/h1-11,19H,(H,17,18). The lowest BCUT2D eigenvalue weighted by Crippen LogP contribution is -2.12. The number of hydroxylamine groups is 1. The number of nitrogens with zero attached hydrogens (tertiary/aromatic N) is 1. The highest BCUT2D eigenvalue weighted by Gasteiger charge is 2.12. The zero-order valence-electron chi connectivity index (χ0n) is 10.1. The van der Waals surface area contributed by atoms with Crippen molar-refractivity contribution in [3.63, 3.8) is 0 Å². The minimum absolute atomic E-state index is 0.0203. The summed E-state index contributed by atoms with van der Waals surface area (Å²) in [5, 5.41) is 19.9. The van der Waals surface area contributed by atoms with Crippen LogP contribution in [0.4, 0.5) is 5.69 Å². The summed E-state index contributed by atoms with van der Waals surface area (Å²) < 4.78 is 0. The summed E-state index contributed by atoms with van der Waals surface area (Å²) >= 11 is 0. The molecule has 0 atom stereocenters. The van der Waals surface area contributed by atoms with Gasteiger partial charge in [0, 0.05) is 6.20 Å². The number of anilines is 1. The lowest BCUT2D eigenvalue weighted by Gasteiger charge is -2.13. The van der Waals surface area contributed by atoms with Crippen molar-refractivity contribution in [2.24, 2.45) is 0 Å². The van der Waals surface area contributed by atoms with Crippen LogP contribution in [-0.4, -0.2) is 16.3 Å². The van der Waals surface area contributed by atoms with Gasteiger partial charge in [-0.15, -0.1) is 0 Å². The van der Waals surface area contributed by atoms with E-state index >= 15 is 0 Å². The normalized spacial score (nSPS) is 11.1. The summed E-state index contributed by atoms with van der Waals surface area (Å²) in [4.78, 5) is 11.3. The van der Waals surface area contributed by atoms with Gasteiger partial charge in [0.2, 0.25) is 0 Å². The summed E-state index contributed by atoms with van der Waals surface area (Å²) in [5.74, 6) is -1.10. The second-order valence-electron chi connectivity index (χ2n) is 3.89. The smallest absolute Gasteiger partial charge is 0.337 e. The van der Waals surface area contributed by atoms with E-state index in [9.17, 15) is 15.1 Å². The number of para-hydroxylation sites is 1. The Morgan fingerprint density at radius 2 is 1.47 bits per heavy atom. The second-order valence-corrected chi connectivity index (χ2v) is 3.89. The van der Waals surface area contributed by atoms with Crippen LogP contribution < -0.4 is 5.06 Å². The lowest BCUT2D eigenvalue weighted by molar-refractivity contribution is -0.130. The van der Waals surface area contributed by atoms with Crippen molar-refractivity contribution in [1.29, 1.82) is 0 Å². The van der Waals surface area contributed by atoms with Crippen LogP contribution in [0.1, 0.15) is 5.56 Å². The van der Waals surface area contributed by atoms with Crippen molar-refractivity contribution < 1.29 is 15.1 Å². The maximum Gasteiger partial charge on any atom is 0.337 e. The number of carboxylic acid groups (broad SMARTS) is 1. The molecule has 0 amide bonds. The van der Waals surface area contributed by atoms with Gasteiger partial charge in [0.15, 0.2) is 0 Å². The average Bonchev–Trinajstić information content (AvgIpc) is 2.46. The van der Waals surface area contributed by atoms with Crippen molar-refractivity contribution in [3.8, 4) is 0 Å². The van der Waals surface area contributed by atoms with E-state index in [-0.39, 0.29) is 5.57 Å². The van der Waals surface area contributed by atoms with Crippen LogP contribution in [0.2, 0.25) is 0 Å². The zero-order valence-corrected chi connectivity index (χ0v) is 10.1. The Kier molecular flexibility index (Phi) is 3.95. The Hall–Kier alpha value is -2.59. The summed E-state index contributed by atoms with van der Waals surface area (Å²) in [6.45, 7) is 0. The quantitative estimate of drug-likeness (QED) is 0.651. The Morgan fingerprint density at radius 1 is 0.947 bits per heavy atom. The summed E-state index contributed by atoms with van der Waals surface area (Å²) in [6, 6.07) is 17.4. The Labute approximate surface area is 110 Å². The van der Waals surface area contributed by atoms with E-state index in [0.29, 0.717) is 11.3 Å². The topological polar surface area (TPSA) is 60.8 Å². The van der Waals surface area contributed by atoms with Crippen LogP contribution in [0.5, 0.6) is 0 Å². The van der Waals surface area contributed by atoms with Gasteiger partial charge in [-0.3, -0.25) is 5.21 Å². The monoisotopic (exact) mass is 255 g/mol. The van der Waals surface area contributed by atoms with Gasteiger partial charge in [0.1, 0.15) is 0 Å². The van der Waals surface area contributed by atoms with E-state index in [1.807, 2.05) is 6.07 Å². The predicted molar refractivity (Wildman–Crippen MR) is 72.8 cm³/mol. The van der Waals surface area contributed by atoms with Crippen molar-refractivity contribution in [2.75, 3.05) is 5.06 Å². The molecule has 0 spiro atoms. The molecule has 0 heterocycles. The highest BCUT2D eigenvalue weighted by Crippen LogP contribution is 2.18. The molecule has 0 aliphatic heterocycles. The van der Waals surface area contributed by atoms with Crippen molar-refractivity contribution in [3.05, 3.63) is 72.4 Å². The molecule has 2 aromatic carbocycles. The molecular weight excluding hydrogens is 242 g/mol. The third kappa shape index (κ3) is 3.20. The van der Waals surface area contributed by atoms with E-state index < -0.39 is 5.97 Å². The third-order valence-electron chi connectivity index (χ3n) is 2.59. The predicted octanol–water partition coefficient (Wildman–Crippen LogP) is 3.01. The molecule has 0 fully saturated rings. The molecule has 2 rings (SSSR count). The van der Waals surface area contributed by atoms with E-state index in [1.54, 1.807) is 54.6 Å². The number of carbonyl (C=O) groups is 1. The van der Waals surface area contributed by atoms with Crippen molar-refractivity contribution in [1.82, 2.24) is 0 Å². The molecular formula is C15H13NO3. The molecule has 19 heavy (non-hydrogen) atoms. The molecule has 0 aliphatic rings. The fourth-order valence-corrected chi connectivity index (χ4v) is 1.65. The number of benzene rings is 2. The average molecular weight is 255 g/mol. The highest BCUT2D eigenvalue weighted by atomic mass is 16.5. The molecule has 4 heteroatoms. The van der Waals surface area contributed by atoms with Gasteiger partial charge >= 0.3 is 5.97 Å². The lowest BCUT2D eigenvalue weighted by atomic mass is 10.1. The number of aliphatic carboxylic acids is 1. The zero-order chi connectivity index (χ0) is 13.7. The molecule has 2 aromatic rings. The third-order valence-corrected chi connectivity index (χ3v) is 2.59. The van der Waals surface area contributed by atoms with Gasteiger partial charge in [-0.2, -0.15) is 0 Å². The maximum atomic E-state index is 11.3. The van der Waals surface area contributed by atoms with Crippen LogP contribution in [0, 0.1) is 0 Å². The molecule has 0 radical (unpaired) electrons. The Balaban J connectivity index is 2.35. The van der Waals surface area contributed by atoms with Crippen LogP contribution in [0.25, 0.3) is 5.57 Å². The Bertz CT molecular complexity index is 579. The van der Waals surface area contributed by atoms with Gasteiger partial charge in [-0.1, -0.05) is 48.5 Å². The van der Waals surface area contributed by atoms with Gasteiger partial charge in [0.05, 0.1) is 11.3 Å². The molecule has 96 valence electrons. The van der Waals surface area contributed by atoms with Crippen LogP contribution in [0.3, 0.4) is 0 Å². The minimum Gasteiger partial charge on any atom is -0.478 e. The number of rotatable bonds is 4. The molecule has 0 aliphatic carbocycles. The molecule has 0 unspecified atom stereocenters. The highest BCUT2D eigenvalue weighted by molar-refractivity contribution is 6.15. The number of hydrogen-bond acceptors (Lipinski definition) is 3. The summed E-state index contributed by atoms with van der Waals surface area (Å²) in [7, 11) is 0. The van der Waals surface area contributed by atoms with Gasteiger partial charge in [0.25, 0.3) is 0 Å². The largest absolute Gasteiger partial charge is 0.478 e. The molecule has 0 aromatic heterocycles. The van der Waals surface area contributed by atoms with Crippen LogP contribution >= 0.6 is 0 Å². The van der Waals surface area contributed by atoms with Gasteiger partial charge in [-0.05, 0) is 17.7 Å². The first kappa shape index (κ1) is 12.9. The fraction of sp³-hybridized carbons (Fsp3) is 0. The van der Waals surface area contributed by atoms with E-state index in [1.165, 1.54) is 6.20 Å². The van der Waals surface area contributed by atoms with Crippen molar-refractivity contribution in [2.45, 2.75) is 0 Å². The molecule has 4 nitrogen and oxygen atoms in total. The van der Waals surface area contributed by atoms with Gasteiger partial charge in [-0.25, -0.2) is 9.86 Å². The SMILES string of the molecule is O=C(O)C(=CN(O)c1ccccc1)c1ccccc1. The molecule has 2 N–H and O–H groups in total. The van der Waals surface area contributed by atoms with E-state index in [0.717, 1.165) is 5.06 Å².